The van der Waals surface area contributed by atoms with E-state index in [2.05, 4.69) is 5.32 Å². The number of hydrogen-bond acceptors (Lipinski definition) is 4. The van der Waals surface area contributed by atoms with Crippen molar-refractivity contribution < 1.29 is 9.66 Å². The van der Waals surface area contributed by atoms with E-state index in [0.29, 0.717) is 12.2 Å². The zero-order valence-corrected chi connectivity index (χ0v) is 12.2. The number of aryl methyl sites for hydroxylation is 2. The Morgan fingerprint density at radius 3 is 2.42 bits per heavy atom. The van der Waals surface area contributed by atoms with Crippen LogP contribution in [-0.2, 0) is 4.74 Å². The van der Waals surface area contributed by atoms with Crippen LogP contribution in [-0.4, -0.2) is 24.2 Å². The Balaban J connectivity index is 2.83. The topological polar surface area (TPSA) is 64.4 Å². The van der Waals surface area contributed by atoms with Crippen molar-refractivity contribution in [3.05, 3.63) is 33.4 Å². The summed E-state index contributed by atoms with van der Waals surface area (Å²) in [6.45, 7) is 8.43. The van der Waals surface area contributed by atoms with Crippen molar-refractivity contribution in [2.45, 2.75) is 39.7 Å². The highest BCUT2D eigenvalue weighted by Gasteiger charge is 2.18. The minimum atomic E-state index is -0.351. The third-order valence-corrected chi connectivity index (χ3v) is 3.40. The van der Waals surface area contributed by atoms with Crippen molar-refractivity contribution in [1.29, 1.82) is 0 Å². The van der Waals surface area contributed by atoms with Gasteiger partial charge in [-0.05, 0) is 51.3 Å². The van der Waals surface area contributed by atoms with Gasteiger partial charge in [-0.3, -0.25) is 10.1 Å². The van der Waals surface area contributed by atoms with Crippen LogP contribution in [0.1, 0.15) is 31.4 Å². The van der Waals surface area contributed by atoms with E-state index in [1.165, 1.54) is 0 Å². The summed E-state index contributed by atoms with van der Waals surface area (Å²) in [5, 5.41) is 14.2. The molecule has 0 saturated carbocycles. The first-order valence-corrected chi connectivity index (χ1v) is 6.31. The molecule has 0 aromatic heterocycles. The minimum Gasteiger partial charge on any atom is -0.379 e. The Hall–Kier alpha value is -1.62. The maximum absolute atomic E-state index is 11.0. The number of hydrogen-bond donors (Lipinski definition) is 1. The van der Waals surface area contributed by atoms with Crippen molar-refractivity contribution in [2.75, 3.05) is 19.0 Å². The number of nitro groups is 1. The molecule has 19 heavy (non-hydrogen) atoms. The highest BCUT2D eigenvalue weighted by Crippen LogP contribution is 2.28. The van der Waals surface area contributed by atoms with E-state index in [1.54, 1.807) is 13.2 Å². The van der Waals surface area contributed by atoms with Gasteiger partial charge in [0.15, 0.2) is 0 Å². The molecule has 0 aliphatic rings. The van der Waals surface area contributed by atoms with Gasteiger partial charge in [0.2, 0.25) is 0 Å². The first-order chi connectivity index (χ1) is 8.76. The molecule has 1 rings (SSSR count). The quantitative estimate of drug-likeness (QED) is 0.632. The molecule has 0 aliphatic heterocycles. The lowest BCUT2D eigenvalue weighted by Crippen LogP contribution is -2.25. The lowest BCUT2D eigenvalue weighted by atomic mass is 10.0. The molecular formula is C14H22N2O3. The van der Waals surface area contributed by atoms with Crippen LogP contribution in [0.2, 0.25) is 0 Å². The van der Waals surface area contributed by atoms with E-state index in [9.17, 15) is 10.1 Å². The fourth-order valence-corrected chi connectivity index (χ4v) is 1.69. The number of benzene rings is 1. The van der Waals surface area contributed by atoms with Crippen LogP contribution in [0.15, 0.2) is 12.1 Å². The van der Waals surface area contributed by atoms with Crippen molar-refractivity contribution in [2.24, 2.45) is 0 Å². The van der Waals surface area contributed by atoms with E-state index in [1.807, 2.05) is 33.8 Å². The van der Waals surface area contributed by atoms with Crippen molar-refractivity contribution in [1.82, 2.24) is 0 Å². The second-order valence-electron chi connectivity index (χ2n) is 5.35. The van der Waals surface area contributed by atoms with E-state index >= 15 is 0 Å². The van der Waals surface area contributed by atoms with E-state index < -0.39 is 0 Å². The molecule has 0 saturated heterocycles. The number of nitro benzene ring substituents is 1. The predicted molar refractivity (Wildman–Crippen MR) is 76.8 cm³/mol. The summed E-state index contributed by atoms with van der Waals surface area (Å²) in [6.07, 6.45) is 0.771. The molecule has 0 unspecified atom stereocenters. The summed E-state index contributed by atoms with van der Waals surface area (Å²) in [6, 6.07) is 3.44. The van der Waals surface area contributed by atoms with Crippen LogP contribution < -0.4 is 5.32 Å². The summed E-state index contributed by atoms with van der Waals surface area (Å²) in [5.74, 6) is 0. The second-order valence-corrected chi connectivity index (χ2v) is 5.35. The Labute approximate surface area is 114 Å². The molecule has 106 valence electrons. The van der Waals surface area contributed by atoms with Crippen molar-refractivity contribution in [3.8, 4) is 0 Å². The van der Waals surface area contributed by atoms with Gasteiger partial charge < -0.3 is 10.1 Å². The van der Waals surface area contributed by atoms with Gasteiger partial charge in [-0.1, -0.05) is 0 Å². The normalized spacial score (nSPS) is 11.4. The van der Waals surface area contributed by atoms with Gasteiger partial charge in [-0.25, -0.2) is 0 Å². The highest BCUT2D eigenvalue weighted by atomic mass is 16.6. The number of nitrogens with one attached hydrogen (secondary N) is 1. The van der Waals surface area contributed by atoms with Crippen molar-refractivity contribution in [3.63, 3.8) is 0 Å². The number of methoxy groups -OCH3 is 1. The average Bonchev–Trinajstić information content (AvgIpc) is 2.32. The molecule has 1 N–H and O–H groups in total. The SMILES string of the molecule is COC(C)(C)CCNc1cc(C)c(C)cc1[N+](=O)[O-]. The second kappa shape index (κ2) is 6.02. The maximum Gasteiger partial charge on any atom is 0.292 e. The van der Waals surface area contributed by atoms with Crippen LogP contribution in [0, 0.1) is 24.0 Å². The summed E-state index contributed by atoms with van der Waals surface area (Å²) >= 11 is 0. The van der Waals surface area contributed by atoms with Gasteiger partial charge in [0.1, 0.15) is 5.69 Å². The van der Waals surface area contributed by atoms with E-state index in [4.69, 9.17) is 4.74 Å². The summed E-state index contributed by atoms with van der Waals surface area (Å²) in [5.41, 5.74) is 2.42. The monoisotopic (exact) mass is 266 g/mol. The molecule has 0 heterocycles. The molecule has 1 aromatic rings. The molecular weight excluding hydrogens is 244 g/mol. The summed E-state index contributed by atoms with van der Waals surface area (Å²) < 4.78 is 5.32. The van der Waals surface area contributed by atoms with Gasteiger partial charge in [0, 0.05) is 19.7 Å². The fraction of sp³-hybridized carbons (Fsp3) is 0.571. The Morgan fingerprint density at radius 2 is 1.89 bits per heavy atom. The first-order valence-electron chi connectivity index (χ1n) is 6.31. The van der Waals surface area contributed by atoms with Crippen LogP contribution in [0.5, 0.6) is 0 Å². The third-order valence-electron chi connectivity index (χ3n) is 3.40. The average molecular weight is 266 g/mol. The number of nitrogens with zero attached hydrogens (tertiary/aromatic N) is 1. The Kier molecular flexibility index (Phi) is 4.89. The standard InChI is InChI=1S/C14H22N2O3/c1-10-8-12(13(16(17)18)9-11(10)2)15-7-6-14(3,4)19-5/h8-9,15H,6-7H2,1-5H3. The molecule has 0 radical (unpaired) electrons. The summed E-state index contributed by atoms with van der Waals surface area (Å²) in [4.78, 5) is 10.7. The predicted octanol–water partition coefficient (Wildman–Crippen LogP) is 3.44. The number of rotatable bonds is 6. The van der Waals surface area contributed by atoms with Gasteiger partial charge in [-0.2, -0.15) is 0 Å². The summed E-state index contributed by atoms with van der Waals surface area (Å²) in [7, 11) is 1.67. The van der Waals surface area contributed by atoms with Crippen LogP contribution >= 0.6 is 0 Å². The largest absolute Gasteiger partial charge is 0.379 e. The Bertz CT molecular complexity index is 470. The molecule has 0 spiro atoms. The zero-order valence-electron chi connectivity index (χ0n) is 12.2. The molecule has 0 fully saturated rings. The smallest absolute Gasteiger partial charge is 0.292 e. The van der Waals surface area contributed by atoms with Gasteiger partial charge >= 0.3 is 0 Å². The molecule has 5 nitrogen and oxygen atoms in total. The zero-order chi connectivity index (χ0) is 14.6. The lowest BCUT2D eigenvalue weighted by Gasteiger charge is -2.23. The van der Waals surface area contributed by atoms with E-state index in [-0.39, 0.29) is 16.2 Å². The van der Waals surface area contributed by atoms with E-state index in [0.717, 1.165) is 17.5 Å². The molecule has 5 heteroatoms. The third kappa shape index (κ3) is 4.21. The van der Waals surface area contributed by atoms with Crippen molar-refractivity contribution >= 4 is 11.4 Å². The molecule has 0 atom stereocenters. The van der Waals surface area contributed by atoms with Gasteiger partial charge in [0.25, 0.3) is 5.69 Å². The lowest BCUT2D eigenvalue weighted by molar-refractivity contribution is -0.384. The number of ether oxygens (including phenoxy) is 1. The van der Waals surface area contributed by atoms with Crippen LogP contribution in [0.4, 0.5) is 11.4 Å². The Morgan fingerprint density at radius 1 is 1.32 bits per heavy atom. The number of anilines is 1. The van der Waals surface area contributed by atoms with Crippen LogP contribution in [0.3, 0.4) is 0 Å². The molecule has 0 aliphatic carbocycles. The van der Waals surface area contributed by atoms with Gasteiger partial charge in [0.05, 0.1) is 10.5 Å². The maximum atomic E-state index is 11.0. The van der Waals surface area contributed by atoms with Gasteiger partial charge in [-0.15, -0.1) is 0 Å². The van der Waals surface area contributed by atoms with Crippen LogP contribution in [0.25, 0.3) is 0 Å². The first kappa shape index (κ1) is 15.4. The fourth-order valence-electron chi connectivity index (χ4n) is 1.69. The minimum absolute atomic E-state index is 0.123. The highest BCUT2D eigenvalue weighted by molar-refractivity contribution is 5.64. The molecule has 1 aromatic carbocycles. The molecule has 0 amide bonds. The molecule has 0 bridgehead atoms.